The summed E-state index contributed by atoms with van der Waals surface area (Å²) in [4.78, 5) is 32.1. The molecule has 2 aliphatic rings. The van der Waals surface area contributed by atoms with Crippen molar-refractivity contribution in [3.8, 4) is 17.2 Å². The molecule has 8 nitrogen and oxygen atoms in total. The predicted molar refractivity (Wildman–Crippen MR) is 140 cm³/mol. The van der Waals surface area contributed by atoms with E-state index in [9.17, 15) is 9.59 Å². The van der Waals surface area contributed by atoms with Crippen LogP contribution in [0.25, 0.3) is 6.08 Å². The molecular formula is C27H25ClN2O6S. The minimum Gasteiger partial charge on any atom is -0.491 e. The summed E-state index contributed by atoms with van der Waals surface area (Å²) in [7, 11) is 0. The summed E-state index contributed by atoms with van der Waals surface area (Å²) in [6.07, 6.45) is 1.59. The first-order valence-corrected chi connectivity index (χ1v) is 13.0. The Hall–Kier alpha value is -3.56. The molecule has 0 amide bonds. The first-order valence-electron chi connectivity index (χ1n) is 11.8. The molecule has 192 valence electrons. The molecule has 0 fully saturated rings. The van der Waals surface area contributed by atoms with Crippen LogP contribution in [0.1, 0.15) is 44.9 Å². The van der Waals surface area contributed by atoms with Crippen molar-refractivity contribution in [2.45, 2.75) is 39.8 Å². The van der Waals surface area contributed by atoms with Crippen molar-refractivity contribution in [1.29, 1.82) is 0 Å². The van der Waals surface area contributed by atoms with Gasteiger partial charge in [0.15, 0.2) is 16.3 Å². The van der Waals surface area contributed by atoms with Crippen LogP contribution in [0.5, 0.6) is 17.2 Å². The van der Waals surface area contributed by atoms with E-state index in [0.717, 1.165) is 0 Å². The van der Waals surface area contributed by atoms with Crippen LogP contribution >= 0.6 is 22.9 Å². The van der Waals surface area contributed by atoms with E-state index in [1.54, 1.807) is 32.1 Å². The number of fused-ring (bicyclic) bond motifs is 2. The molecule has 0 aliphatic carbocycles. The Balaban J connectivity index is 1.73. The van der Waals surface area contributed by atoms with Crippen LogP contribution < -0.4 is 29.1 Å². The number of ether oxygens (including phenoxy) is 4. The lowest BCUT2D eigenvalue weighted by Gasteiger charge is -2.26. The molecule has 2 aliphatic heterocycles. The molecule has 3 aromatic rings. The van der Waals surface area contributed by atoms with Gasteiger partial charge in [-0.05, 0) is 51.5 Å². The van der Waals surface area contributed by atoms with Gasteiger partial charge in [-0.15, -0.1) is 0 Å². The van der Waals surface area contributed by atoms with E-state index >= 15 is 0 Å². The molecule has 10 heteroatoms. The summed E-state index contributed by atoms with van der Waals surface area (Å²) in [6.45, 7) is 7.64. The Bertz CT molecular complexity index is 1600. The number of carbonyl (C=O) groups excluding carboxylic acids is 1. The minimum absolute atomic E-state index is 0.110. The molecule has 2 aromatic carbocycles. The summed E-state index contributed by atoms with van der Waals surface area (Å²) in [5.41, 5.74) is 1.74. The van der Waals surface area contributed by atoms with E-state index in [2.05, 4.69) is 4.99 Å². The van der Waals surface area contributed by atoms with Crippen molar-refractivity contribution in [2.75, 3.05) is 13.4 Å². The van der Waals surface area contributed by atoms with Gasteiger partial charge in [0.05, 0.1) is 33.5 Å². The quantitative estimate of drug-likeness (QED) is 0.440. The van der Waals surface area contributed by atoms with Gasteiger partial charge in [0.1, 0.15) is 11.8 Å². The van der Waals surface area contributed by atoms with Gasteiger partial charge in [-0.2, -0.15) is 0 Å². The maximum atomic E-state index is 13.9. The summed E-state index contributed by atoms with van der Waals surface area (Å²) in [6, 6.07) is 10.0. The van der Waals surface area contributed by atoms with E-state index in [-0.39, 0.29) is 25.1 Å². The molecule has 0 radical (unpaired) electrons. The van der Waals surface area contributed by atoms with Crippen LogP contribution in [-0.4, -0.2) is 30.0 Å². The Morgan fingerprint density at radius 3 is 2.73 bits per heavy atom. The van der Waals surface area contributed by atoms with Gasteiger partial charge in [-0.1, -0.05) is 41.1 Å². The van der Waals surface area contributed by atoms with Gasteiger partial charge in [-0.3, -0.25) is 9.36 Å². The van der Waals surface area contributed by atoms with Crippen LogP contribution in [0.15, 0.2) is 57.5 Å². The molecule has 0 spiro atoms. The third-order valence-electron chi connectivity index (χ3n) is 5.87. The van der Waals surface area contributed by atoms with Gasteiger partial charge in [-0.25, -0.2) is 9.79 Å². The summed E-state index contributed by atoms with van der Waals surface area (Å²) >= 11 is 7.69. The van der Waals surface area contributed by atoms with Crippen molar-refractivity contribution in [2.24, 2.45) is 4.99 Å². The average molecular weight is 541 g/mol. The fraction of sp³-hybridized carbons (Fsp3) is 0.296. The van der Waals surface area contributed by atoms with Crippen molar-refractivity contribution in [3.05, 3.63) is 83.5 Å². The first-order chi connectivity index (χ1) is 17.8. The number of benzene rings is 2. The molecule has 0 N–H and O–H groups in total. The first kappa shape index (κ1) is 25.1. The molecule has 5 rings (SSSR count). The number of carbonyl (C=O) groups is 1. The van der Waals surface area contributed by atoms with Crippen LogP contribution in [0.2, 0.25) is 5.02 Å². The zero-order valence-electron chi connectivity index (χ0n) is 20.7. The van der Waals surface area contributed by atoms with Crippen molar-refractivity contribution < 1.29 is 23.7 Å². The maximum absolute atomic E-state index is 13.9. The van der Waals surface area contributed by atoms with Crippen LogP contribution in [0.3, 0.4) is 0 Å². The molecule has 1 atom stereocenters. The number of para-hydroxylation sites is 1. The van der Waals surface area contributed by atoms with E-state index in [0.29, 0.717) is 54.0 Å². The molecule has 37 heavy (non-hydrogen) atoms. The van der Waals surface area contributed by atoms with Gasteiger partial charge < -0.3 is 18.9 Å². The van der Waals surface area contributed by atoms with Crippen LogP contribution in [0, 0.1) is 0 Å². The average Bonchev–Trinajstić information content (AvgIpc) is 3.42. The highest BCUT2D eigenvalue weighted by Crippen LogP contribution is 2.38. The van der Waals surface area contributed by atoms with Crippen LogP contribution in [-0.2, 0) is 9.53 Å². The number of allylic oxidation sites excluding steroid dienone is 1. The highest BCUT2D eigenvalue weighted by atomic mass is 35.5. The Morgan fingerprint density at radius 1 is 1.27 bits per heavy atom. The standard InChI is InChI=1S/C27H25ClN2O6S/c1-5-33-26(32)23-15(4)29-27-30(24(23)17-8-6-7-9-19(17)36-14(2)3)25(31)22(37-27)11-16-10-20-21(12-18(16)28)35-13-34-20/h6-12,14,24H,5,13H2,1-4H3/b22-11-/t24-/m0/s1. The molecule has 1 aromatic heterocycles. The fourth-order valence-corrected chi connectivity index (χ4v) is 5.58. The number of rotatable bonds is 6. The highest BCUT2D eigenvalue weighted by molar-refractivity contribution is 7.07. The summed E-state index contributed by atoms with van der Waals surface area (Å²) in [5, 5.41) is 0.422. The van der Waals surface area contributed by atoms with Crippen molar-refractivity contribution in [1.82, 2.24) is 4.57 Å². The number of aromatic nitrogens is 1. The Morgan fingerprint density at radius 2 is 2.00 bits per heavy atom. The van der Waals surface area contributed by atoms with E-state index in [1.807, 2.05) is 38.1 Å². The Kier molecular flexibility index (Phi) is 6.83. The lowest BCUT2D eigenvalue weighted by Crippen LogP contribution is -2.40. The topological polar surface area (TPSA) is 88.4 Å². The number of thiazole rings is 1. The van der Waals surface area contributed by atoms with Crippen LogP contribution in [0.4, 0.5) is 0 Å². The van der Waals surface area contributed by atoms with Gasteiger partial charge >= 0.3 is 5.97 Å². The second-order valence-corrected chi connectivity index (χ2v) is 10.1. The zero-order chi connectivity index (χ0) is 26.3. The number of esters is 1. The van der Waals surface area contributed by atoms with Gasteiger partial charge in [0.25, 0.3) is 5.56 Å². The molecule has 0 saturated heterocycles. The van der Waals surface area contributed by atoms with E-state index in [1.165, 1.54) is 15.9 Å². The third-order valence-corrected chi connectivity index (χ3v) is 7.18. The molecule has 0 bridgehead atoms. The smallest absolute Gasteiger partial charge is 0.338 e. The molecule has 0 unspecified atom stereocenters. The van der Waals surface area contributed by atoms with Gasteiger partial charge in [0.2, 0.25) is 6.79 Å². The van der Waals surface area contributed by atoms with Crippen molar-refractivity contribution >= 4 is 35.0 Å². The second kappa shape index (κ2) is 10.1. The lowest BCUT2D eigenvalue weighted by atomic mass is 9.95. The minimum atomic E-state index is -0.778. The molecular weight excluding hydrogens is 516 g/mol. The molecule has 3 heterocycles. The fourth-order valence-electron chi connectivity index (χ4n) is 4.34. The highest BCUT2D eigenvalue weighted by Gasteiger charge is 2.35. The molecule has 0 saturated carbocycles. The largest absolute Gasteiger partial charge is 0.491 e. The summed E-state index contributed by atoms with van der Waals surface area (Å²) < 4.78 is 24.2. The SMILES string of the molecule is CCOC(=O)C1=C(C)N=c2s/c(=C\c3cc4c(cc3Cl)OCO4)c(=O)n2[C@H]1c1ccccc1OC(C)C. The summed E-state index contributed by atoms with van der Waals surface area (Å²) in [5.74, 6) is 1.16. The monoisotopic (exact) mass is 540 g/mol. The number of halogens is 1. The second-order valence-electron chi connectivity index (χ2n) is 8.73. The number of hydrogen-bond donors (Lipinski definition) is 0. The maximum Gasteiger partial charge on any atom is 0.338 e. The number of nitrogens with zero attached hydrogens (tertiary/aromatic N) is 2. The number of hydrogen-bond acceptors (Lipinski definition) is 8. The lowest BCUT2D eigenvalue weighted by molar-refractivity contribution is -0.139. The normalized spacial score (nSPS) is 16.6. The predicted octanol–water partition coefficient (Wildman–Crippen LogP) is 3.97. The Labute approximate surface area is 222 Å². The third kappa shape index (κ3) is 4.65. The van der Waals surface area contributed by atoms with Gasteiger partial charge in [0, 0.05) is 11.6 Å². The van der Waals surface area contributed by atoms with E-state index in [4.69, 9.17) is 30.5 Å². The zero-order valence-corrected chi connectivity index (χ0v) is 22.3. The van der Waals surface area contributed by atoms with E-state index < -0.39 is 12.0 Å². The van der Waals surface area contributed by atoms with Crippen molar-refractivity contribution in [3.63, 3.8) is 0 Å².